The molecule has 130 valence electrons. The molecule has 2 aromatic carbocycles. The Morgan fingerprint density at radius 3 is 2.40 bits per heavy atom. The number of hydrogen-bond acceptors (Lipinski definition) is 4. The number of nitro benzene ring substituents is 1. The number of nitrogens with zero attached hydrogens (tertiary/aromatic N) is 2. The van der Waals surface area contributed by atoms with Crippen LogP contribution in [0.4, 0.5) is 17.1 Å². The van der Waals surface area contributed by atoms with Gasteiger partial charge in [-0.25, -0.2) is 0 Å². The molecule has 0 radical (unpaired) electrons. The molecule has 1 aliphatic rings. The zero-order valence-electron chi connectivity index (χ0n) is 14.2. The Kier molecular flexibility index (Phi) is 4.97. The van der Waals surface area contributed by atoms with E-state index in [0.717, 1.165) is 37.2 Å². The van der Waals surface area contributed by atoms with Gasteiger partial charge in [0, 0.05) is 30.9 Å². The molecule has 0 aromatic heterocycles. The van der Waals surface area contributed by atoms with Gasteiger partial charge in [-0.15, -0.1) is 0 Å². The highest BCUT2D eigenvalue weighted by atomic mass is 16.6. The molecular weight excluding hydrogens is 318 g/mol. The Morgan fingerprint density at radius 2 is 1.76 bits per heavy atom. The van der Waals surface area contributed by atoms with Crippen molar-refractivity contribution < 1.29 is 9.72 Å². The zero-order chi connectivity index (χ0) is 17.8. The maximum atomic E-state index is 12.8. The van der Waals surface area contributed by atoms with Crippen LogP contribution in [0.2, 0.25) is 0 Å². The van der Waals surface area contributed by atoms with Crippen molar-refractivity contribution in [1.82, 2.24) is 0 Å². The summed E-state index contributed by atoms with van der Waals surface area (Å²) in [5.74, 6) is -0.326. The van der Waals surface area contributed by atoms with Crippen molar-refractivity contribution in [3.63, 3.8) is 0 Å². The minimum Gasteiger partial charge on any atom is -0.371 e. The molecule has 1 saturated heterocycles. The second-order valence-electron chi connectivity index (χ2n) is 6.33. The third-order valence-electron chi connectivity index (χ3n) is 4.44. The van der Waals surface area contributed by atoms with Crippen LogP contribution in [0.5, 0.6) is 0 Å². The van der Waals surface area contributed by atoms with E-state index in [9.17, 15) is 14.9 Å². The number of carbonyl (C=O) groups is 1. The van der Waals surface area contributed by atoms with E-state index in [0.29, 0.717) is 11.3 Å². The van der Waals surface area contributed by atoms with Crippen LogP contribution in [-0.4, -0.2) is 23.9 Å². The van der Waals surface area contributed by atoms with Crippen LogP contribution in [0.15, 0.2) is 42.5 Å². The van der Waals surface area contributed by atoms with Crippen molar-refractivity contribution in [3.05, 3.63) is 63.7 Å². The van der Waals surface area contributed by atoms with Crippen LogP contribution >= 0.6 is 0 Å². The molecule has 6 heteroatoms. The molecule has 1 fully saturated rings. The fourth-order valence-electron chi connectivity index (χ4n) is 3.07. The van der Waals surface area contributed by atoms with Crippen molar-refractivity contribution in [1.29, 1.82) is 0 Å². The molecule has 1 aliphatic heterocycles. The first-order valence-electron chi connectivity index (χ1n) is 8.46. The van der Waals surface area contributed by atoms with Crippen molar-refractivity contribution in [2.24, 2.45) is 0 Å². The highest BCUT2D eigenvalue weighted by Crippen LogP contribution is 2.28. The molecule has 6 nitrogen and oxygen atoms in total. The molecule has 1 heterocycles. The molecule has 25 heavy (non-hydrogen) atoms. The smallest absolute Gasteiger partial charge is 0.270 e. The molecule has 3 rings (SSSR count). The Balaban J connectivity index is 1.92. The van der Waals surface area contributed by atoms with Gasteiger partial charge in [-0.3, -0.25) is 14.9 Å². The van der Waals surface area contributed by atoms with Gasteiger partial charge in [0.15, 0.2) is 0 Å². The summed E-state index contributed by atoms with van der Waals surface area (Å²) in [5.41, 5.74) is 2.80. The van der Waals surface area contributed by atoms with Gasteiger partial charge in [-0.1, -0.05) is 17.7 Å². The molecule has 1 N–H and O–H groups in total. The summed E-state index contributed by atoms with van der Waals surface area (Å²) < 4.78 is 0. The number of nitrogens with one attached hydrogen (secondary N) is 1. The second-order valence-corrected chi connectivity index (χ2v) is 6.33. The van der Waals surface area contributed by atoms with Gasteiger partial charge in [0.2, 0.25) is 0 Å². The van der Waals surface area contributed by atoms with Crippen LogP contribution < -0.4 is 10.2 Å². The first-order valence-corrected chi connectivity index (χ1v) is 8.46. The number of benzene rings is 2. The van der Waals surface area contributed by atoms with Gasteiger partial charge in [-0.2, -0.15) is 0 Å². The predicted molar refractivity (Wildman–Crippen MR) is 98.3 cm³/mol. The van der Waals surface area contributed by atoms with E-state index in [4.69, 9.17) is 0 Å². The second kappa shape index (κ2) is 7.34. The third-order valence-corrected chi connectivity index (χ3v) is 4.44. The van der Waals surface area contributed by atoms with E-state index in [1.165, 1.54) is 18.6 Å². The van der Waals surface area contributed by atoms with E-state index in [2.05, 4.69) is 10.2 Å². The number of amides is 1. The number of piperidine rings is 1. The Bertz CT molecular complexity index is 781. The molecule has 2 aromatic rings. The molecule has 0 bridgehead atoms. The quantitative estimate of drug-likeness (QED) is 0.671. The van der Waals surface area contributed by atoms with Gasteiger partial charge in [0.05, 0.1) is 16.2 Å². The average molecular weight is 339 g/mol. The Hall–Kier alpha value is -2.89. The van der Waals surface area contributed by atoms with Gasteiger partial charge < -0.3 is 10.2 Å². The largest absolute Gasteiger partial charge is 0.371 e. The van der Waals surface area contributed by atoms with Crippen LogP contribution in [0, 0.1) is 17.0 Å². The molecule has 0 saturated carbocycles. The maximum absolute atomic E-state index is 12.8. The van der Waals surface area contributed by atoms with E-state index in [-0.39, 0.29) is 11.6 Å². The fourth-order valence-corrected chi connectivity index (χ4v) is 3.07. The molecular formula is C19H21N3O3. The van der Waals surface area contributed by atoms with E-state index >= 15 is 0 Å². The van der Waals surface area contributed by atoms with Crippen LogP contribution in [0.25, 0.3) is 0 Å². The minimum absolute atomic E-state index is 0.0742. The Labute approximate surface area is 146 Å². The van der Waals surface area contributed by atoms with Crippen molar-refractivity contribution in [2.45, 2.75) is 26.2 Å². The highest BCUT2D eigenvalue weighted by molar-refractivity contribution is 6.08. The number of aryl methyl sites for hydroxylation is 1. The molecule has 0 aliphatic carbocycles. The first kappa shape index (κ1) is 17.0. The number of anilines is 2. The van der Waals surface area contributed by atoms with E-state index in [1.807, 2.05) is 31.2 Å². The maximum Gasteiger partial charge on any atom is 0.270 e. The summed E-state index contributed by atoms with van der Waals surface area (Å²) in [6.45, 7) is 3.70. The number of non-ortho nitro benzene ring substituents is 1. The summed E-state index contributed by atoms with van der Waals surface area (Å²) >= 11 is 0. The van der Waals surface area contributed by atoms with Gasteiger partial charge in [0.1, 0.15) is 0 Å². The number of hydrogen-bond donors (Lipinski definition) is 1. The van der Waals surface area contributed by atoms with E-state index < -0.39 is 4.92 Å². The minimum atomic E-state index is -0.470. The third kappa shape index (κ3) is 3.96. The molecule has 1 amide bonds. The molecule has 0 spiro atoms. The van der Waals surface area contributed by atoms with Crippen molar-refractivity contribution >= 4 is 23.0 Å². The van der Waals surface area contributed by atoms with Gasteiger partial charge in [-0.05, 0) is 44.4 Å². The predicted octanol–water partition coefficient (Wildman–Crippen LogP) is 4.15. The lowest BCUT2D eigenvalue weighted by atomic mass is 10.1. The van der Waals surface area contributed by atoms with Crippen LogP contribution in [-0.2, 0) is 0 Å². The lowest BCUT2D eigenvalue weighted by Crippen LogP contribution is -2.31. The first-order chi connectivity index (χ1) is 12.0. The van der Waals surface area contributed by atoms with E-state index in [1.54, 1.807) is 6.07 Å². The lowest BCUT2D eigenvalue weighted by Gasteiger charge is -2.30. The molecule has 0 atom stereocenters. The van der Waals surface area contributed by atoms with Crippen LogP contribution in [0.3, 0.4) is 0 Å². The summed E-state index contributed by atoms with van der Waals surface area (Å²) in [4.78, 5) is 25.6. The number of carbonyl (C=O) groups excluding carboxylic acids is 1. The topological polar surface area (TPSA) is 75.5 Å². The van der Waals surface area contributed by atoms with Gasteiger partial charge in [0.25, 0.3) is 11.6 Å². The highest BCUT2D eigenvalue weighted by Gasteiger charge is 2.22. The SMILES string of the molecule is Cc1ccc(NC(=O)c2cc([N+](=O)[O-])ccc2N2CCCCC2)cc1. The summed E-state index contributed by atoms with van der Waals surface area (Å²) in [7, 11) is 0. The standard InChI is InChI=1S/C19H21N3O3/c1-14-5-7-15(8-6-14)20-19(23)17-13-16(22(24)25)9-10-18(17)21-11-3-2-4-12-21/h5-10,13H,2-4,11-12H2,1H3,(H,20,23). The van der Waals surface area contributed by atoms with Crippen molar-refractivity contribution in [3.8, 4) is 0 Å². The summed E-state index contributed by atoms with van der Waals surface area (Å²) in [6, 6.07) is 12.0. The monoisotopic (exact) mass is 339 g/mol. The zero-order valence-corrected chi connectivity index (χ0v) is 14.2. The van der Waals surface area contributed by atoms with Crippen LogP contribution in [0.1, 0.15) is 35.2 Å². The Morgan fingerprint density at radius 1 is 1.08 bits per heavy atom. The number of rotatable bonds is 4. The fraction of sp³-hybridized carbons (Fsp3) is 0.316. The number of nitro groups is 1. The summed E-state index contributed by atoms with van der Waals surface area (Å²) in [6.07, 6.45) is 3.31. The normalized spacial score (nSPS) is 14.2. The summed E-state index contributed by atoms with van der Waals surface area (Å²) in [5, 5.41) is 14.0. The van der Waals surface area contributed by atoms with Gasteiger partial charge >= 0.3 is 0 Å². The molecule has 0 unspecified atom stereocenters. The van der Waals surface area contributed by atoms with Crippen molar-refractivity contribution in [2.75, 3.05) is 23.3 Å². The lowest BCUT2D eigenvalue weighted by molar-refractivity contribution is -0.384. The average Bonchev–Trinajstić information content (AvgIpc) is 2.63.